The SMILES string of the molecule is Cc1ccc(S(=O)(=O)N(CC(C)C)c2cc3c(cc2OCc2ccc(-c4noc(=O)[nH]4)cc2)OCC3)o1. The van der Waals surface area contributed by atoms with Gasteiger partial charge in [0.2, 0.25) is 5.09 Å². The van der Waals surface area contributed by atoms with Gasteiger partial charge in [0.05, 0.1) is 12.3 Å². The quantitative estimate of drug-likeness (QED) is 0.343. The number of benzene rings is 2. The van der Waals surface area contributed by atoms with Crippen LogP contribution in [0.4, 0.5) is 5.69 Å². The van der Waals surface area contributed by atoms with Crippen molar-refractivity contribution in [2.75, 3.05) is 17.5 Å². The van der Waals surface area contributed by atoms with Crippen LogP contribution in [0, 0.1) is 12.8 Å². The highest BCUT2D eigenvalue weighted by Crippen LogP contribution is 2.41. The van der Waals surface area contributed by atoms with Gasteiger partial charge in [0, 0.05) is 24.6 Å². The molecule has 0 saturated carbocycles. The molecule has 2 aromatic heterocycles. The maximum absolute atomic E-state index is 13.7. The number of aromatic amines is 1. The molecule has 0 atom stereocenters. The van der Waals surface area contributed by atoms with E-state index in [0.717, 1.165) is 11.1 Å². The normalized spacial score (nSPS) is 13.0. The number of fused-ring (bicyclic) bond motifs is 1. The molecule has 1 aliphatic rings. The zero-order valence-electron chi connectivity index (χ0n) is 20.7. The van der Waals surface area contributed by atoms with Crippen LogP contribution < -0.4 is 19.5 Å². The van der Waals surface area contributed by atoms with Gasteiger partial charge in [0.1, 0.15) is 23.9 Å². The molecule has 0 saturated heterocycles. The molecule has 0 fully saturated rings. The summed E-state index contributed by atoms with van der Waals surface area (Å²) < 4.78 is 50.7. The number of hydrogen-bond acceptors (Lipinski definition) is 8. The summed E-state index contributed by atoms with van der Waals surface area (Å²) in [4.78, 5) is 13.7. The summed E-state index contributed by atoms with van der Waals surface area (Å²) in [6.07, 6.45) is 0.684. The Bertz CT molecular complexity index is 1570. The number of aromatic nitrogens is 2. The monoisotopic (exact) mass is 525 g/mol. The third-order valence-corrected chi connectivity index (χ3v) is 7.55. The summed E-state index contributed by atoms with van der Waals surface area (Å²) in [6, 6.07) is 13.9. The van der Waals surface area contributed by atoms with Gasteiger partial charge in [0.25, 0.3) is 10.0 Å². The Balaban J connectivity index is 1.48. The number of anilines is 1. The first-order valence-corrected chi connectivity index (χ1v) is 13.3. The predicted octanol–water partition coefficient (Wildman–Crippen LogP) is 4.30. The molecule has 11 heteroatoms. The van der Waals surface area contributed by atoms with Crippen molar-refractivity contribution in [2.45, 2.75) is 38.9 Å². The summed E-state index contributed by atoms with van der Waals surface area (Å²) in [7, 11) is -3.98. The molecular weight excluding hydrogens is 498 g/mol. The zero-order chi connectivity index (χ0) is 26.2. The molecule has 0 aliphatic carbocycles. The number of furan rings is 1. The second-order valence-electron chi connectivity index (χ2n) is 9.25. The molecule has 194 valence electrons. The van der Waals surface area contributed by atoms with E-state index in [4.69, 9.17) is 13.9 Å². The van der Waals surface area contributed by atoms with Crippen molar-refractivity contribution < 1.29 is 26.8 Å². The van der Waals surface area contributed by atoms with Crippen LogP contribution in [0.15, 0.2) is 67.4 Å². The summed E-state index contributed by atoms with van der Waals surface area (Å²) in [5.41, 5.74) is 2.88. The van der Waals surface area contributed by atoms with Crippen LogP contribution in [-0.4, -0.2) is 31.7 Å². The first-order chi connectivity index (χ1) is 17.7. The number of nitrogens with one attached hydrogen (secondary N) is 1. The fourth-order valence-corrected chi connectivity index (χ4v) is 5.69. The van der Waals surface area contributed by atoms with Crippen molar-refractivity contribution in [2.24, 2.45) is 5.92 Å². The van der Waals surface area contributed by atoms with Gasteiger partial charge in [-0.25, -0.2) is 4.79 Å². The van der Waals surface area contributed by atoms with E-state index in [1.807, 2.05) is 32.0 Å². The number of sulfonamides is 1. The predicted molar refractivity (Wildman–Crippen MR) is 135 cm³/mol. The van der Waals surface area contributed by atoms with Crippen molar-refractivity contribution >= 4 is 15.7 Å². The summed E-state index contributed by atoms with van der Waals surface area (Å²) in [6.45, 7) is 6.56. The van der Waals surface area contributed by atoms with Crippen molar-refractivity contribution in [1.29, 1.82) is 0 Å². The van der Waals surface area contributed by atoms with Gasteiger partial charge in [0.15, 0.2) is 5.82 Å². The molecular formula is C26H27N3O7S. The van der Waals surface area contributed by atoms with Crippen molar-refractivity contribution in [3.05, 3.63) is 76.0 Å². The van der Waals surface area contributed by atoms with Crippen LogP contribution >= 0.6 is 0 Å². The molecule has 4 aromatic rings. The molecule has 37 heavy (non-hydrogen) atoms. The number of hydrogen-bond donors (Lipinski definition) is 1. The van der Waals surface area contributed by atoms with Crippen molar-refractivity contribution in [3.8, 4) is 22.9 Å². The number of H-pyrrole nitrogens is 1. The van der Waals surface area contributed by atoms with Crippen LogP contribution in [-0.2, 0) is 23.1 Å². The van der Waals surface area contributed by atoms with Crippen LogP contribution in [0.1, 0.15) is 30.7 Å². The van der Waals surface area contributed by atoms with E-state index >= 15 is 0 Å². The molecule has 1 N–H and O–H groups in total. The molecule has 0 spiro atoms. The van der Waals surface area contributed by atoms with Crippen molar-refractivity contribution in [3.63, 3.8) is 0 Å². The average molecular weight is 526 g/mol. The Morgan fingerprint density at radius 2 is 1.92 bits per heavy atom. The van der Waals surface area contributed by atoms with Gasteiger partial charge >= 0.3 is 5.76 Å². The van der Waals surface area contributed by atoms with E-state index in [0.29, 0.717) is 47.4 Å². The third-order valence-electron chi connectivity index (χ3n) is 5.89. The lowest BCUT2D eigenvalue weighted by molar-refractivity contribution is 0.303. The van der Waals surface area contributed by atoms with Crippen LogP contribution in [0.5, 0.6) is 11.5 Å². The average Bonchev–Trinajstić information content (AvgIpc) is 3.62. The highest BCUT2D eigenvalue weighted by Gasteiger charge is 2.32. The molecule has 5 rings (SSSR count). The molecule has 0 amide bonds. The fraction of sp³-hybridized carbons (Fsp3) is 0.308. The van der Waals surface area contributed by atoms with Gasteiger partial charge in [-0.3, -0.25) is 13.8 Å². The number of rotatable bonds is 9. The Morgan fingerprint density at radius 1 is 1.14 bits per heavy atom. The van der Waals surface area contributed by atoms with Crippen LogP contribution in [0.2, 0.25) is 0 Å². The minimum absolute atomic E-state index is 0.0405. The van der Waals surface area contributed by atoms with Gasteiger partial charge in [-0.1, -0.05) is 43.3 Å². The smallest absolute Gasteiger partial charge is 0.439 e. The van der Waals surface area contributed by atoms with Crippen molar-refractivity contribution in [1.82, 2.24) is 10.1 Å². The Kier molecular flexibility index (Phi) is 6.55. The summed E-state index contributed by atoms with van der Waals surface area (Å²) >= 11 is 0. The maximum atomic E-state index is 13.7. The minimum atomic E-state index is -3.98. The standard InChI is InChI=1S/C26H27N3O7S/c1-16(2)14-29(37(31,32)24-9-4-17(3)35-24)21-12-20-10-11-33-22(20)13-23(21)34-15-18-5-7-19(8-6-18)25-27-26(30)36-28-25/h4-9,12-13,16H,10-11,14-15H2,1-3H3,(H,27,28,30). The van der Waals surface area contributed by atoms with Gasteiger partial charge in [-0.15, -0.1) is 0 Å². The highest BCUT2D eigenvalue weighted by molar-refractivity contribution is 7.92. The highest BCUT2D eigenvalue weighted by atomic mass is 32.2. The number of aryl methyl sites for hydroxylation is 1. The van der Waals surface area contributed by atoms with Crippen LogP contribution in [0.3, 0.4) is 0 Å². The first kappa shape index (κ1) is 24.7. The summed E-state index contributed by atoms with van der Waals surface area (Å²) in [5.74, 6) is 1.33. The van der Waals surface area contributed by atoms with E-state index in [1.54, 1.807) is 31.2 Å². The fourth-order valence-electron chi connectivity index (χ4n) is 4.10. The summed E-state index contributed by atoms with van der Waals surface area (Å²) in [5, 5.41) is 3.57. The van der Waals surface area contributed by atoms with Gasteiger partial charge in [-0.2, -0.15) is 8.42 Å². The Hall–Kier alpha value is -3.99. The van der Waals surface area contributed by atoms with E-state index < -0.39 is 15.8 Å². The van der Waals surface area contributed by atoms with E-state index in [-0.39, 0.29) is 24.2 Å². The molecule has 0 radical (unpaired) electrons. The first-order valence-electron chi connectivity index (χ1n) is 11.9. The van der Waals surface area contributed by atoms with Gasteiger partial charge < -0.3 is 13.9 Å². The van der Waals surface area contributed by atoms with E-state index in [1.165, 1.54) is 10.4 Å². The molecule has 10 nitrogen and oxygen atoms in total. The van der Waals surface area contributed by atoms with Crippen LogP contribution in [0.25, 0.3) is 11.4 Å². The molecule has 3 heterocycles. The second-order valence-corrected chi connectivity index (χ2v) is 11.0. The lowest BCUT2D eigenvalue weighted by Gasteiger charge is -2.27. The number of nitrogens with zero attached hydrogens (tertiary/aromatic N) is 2. The Labute approximate surface area is 213 Å². The lowest BCUT2D eigenvalue weighted by Crippen LogP contribution is -2.34. The minimum Gasteiger partial charge on any atom is -0.493 e. The van der Waals surface area contributed by atoms with E-state index in [2.05, 4.69) is 14.7 Å². The van der Waals surface area contributed by atoms with E-state index in [9.17, 15) is 13.2 Å². The zero-order valence-corrected chi connectivity index (χ0v) is 21.5. The second kappa shape index (κ2) is 9.81. The Morgan fingerprint density at radius 3 is 2.57 bits per heavy atom. The third kappa shape index (κ3) is 5.12. The molecule has 1 aliphatic heterocycles. The molecule has 2 aromatic carbocycles. The molecule has 0 bridgehead atoms. The maximum Gasteiger partial charge on any atom is 0.439 e. The van der Waals surface area contributed by atoms with Gasteiger partial charge in [-0.05, 0) is 42.2 Å². The topological polar surface area (TPSA) is 128 Å². The largest absolute Gasteiger partial charge is 0.493 e. The molecule has 0 unspecified atom stereocenters. The lowest BCUT2D eigenvalue weighted by atomic mass is 10.1. The number of ether oxygens (including phenoxy) is 2.